The molecule has 1 fully saturated rings. The molecule has 1 saturated heterocycles. The van der Waals surface area contributed by atoms with Gasteiger partial charge in [0.15, 0.2) is 0 Å². The van der Waals surface area contributed by atoms with E-state index in [0.29, 0.717) is 48.5 Å². The van der Waals surface area contributed by atoms with Crippen molar-refractivity contribution in [2.45, 2.75) is 77.3 Å². The molecule has 42 heavy (non-hydrogen) atoms. The Balaban J connectivity index is 1.12. The van der Waals surface area contributed by atoms with E-state index in [2.05, 4.69) is 4.98 Å². The zero-order valence-electron chi connectivity index (χ0n) is 24.1. The Kier molecular flexibility index (Phi) is 7.24. The molecule has 6 rings (SSSR count). The molecule has 3 aliphatic heterocycles. The number of benzene rings is 2. The zero-order valence-corrected chi connectivity index (χ0v) is 24.1. The molecule has 1 atom stereocenters. The fraction of sp³-hybridized carbons (Fsp3) is 0.438. The van der Waals surface area contributed by atoms with Crippen LogP contribution in [0.4, 0.5) is 9.18 Å². The van der Waals surface area contributed by atoms with Crippen LogP contribution in [0.15, 0.2) is 42.7 Å². The lowest BCUT2D eigenvalue weighted by molar-refractivity contribution is -0.112. The minimum atomic E-state index is -0.852. The third-order valence-corrected chi connectivity index (χ3v) is 8.14. The van der Waals surface area contributed by atoms with Crippen molar-refractivity contribution in [3.8, 4) is 16.9 Å². The number of nitrogens with zero attached hydrogens (tertiary/aromatic N) is 4. The molecule has 0 bridgehead atoms. The number of imidazole rings is 1. The number of carbonyl (C=O) groups excluding carboxylic acids is 3. The average molecular weight is 575 g/mol. The van der Waals surface area contributed by atoms with Gasteiger partial charge in [0, 0.05) is 49.3 Å². The van der Waals surface area contributed by atoms with Gasteiger partial charge >= 0.3 is 6.09 Å². The van der Waals surface area contributed by atoms with Crippen molar-refractivity contribution in [1.29, 1.82) is 0 Å². The molecule has 1 aromatic heterocycles. The number of aldehydes is 1. The molecule has 0 radical (unpaired) electrons. The first-order chi connectivity index (χ1) is 20.1. The van der Waals surface area contributed by atoms with Crippen molar-refractivity contribution in [1.82, 2.24) is 19.4 Å². The van der Waals surface area contributed by atoms with Gasteiger partial charge in [-0.3, -0.25) is 4.79 Å². The van der Waals surface area contributed by atoms with Crippen molar-refractivity contribution < 1.29 is 28.2 Å². The number of ether oxygens (including phenoxy) is 2. The average Bonchev–Trinajstić information content (AvgIpc) is 3.66. The van der Waals surface area contributed by atoms with Crippen molar-refractivity contribution >= 4 is 18.3 Å². The van der Waals surface area contributed by atoms with Gasteiger partial charge in [-0.25, -0.2) is 14.2 Å². The first-order valence-corrected chi connectivity index (χ1v) is 14.5. The van der Waals surface area contributed by atoms with Crippen LogP contribution >= 0.6 is 0 Å². The fourth-order valence-corrected chi connectivity index (χ4v) is 6.01. The minimum absolute atomic E-state index is 0.0233. The lowest BCUT2D eigenvalue weighted by Gasteiger charge is -2.33. The summed E-state index contributed by atoms with van der Waals surface area (Å²) in [5.41, 5.74) is 2.90. The number of hydrogen-bond acceptors (Lipinski definition) is 6. The highest BCUT2D eigenvalue weighted by Crippen LogP contribution is 2.36. The van der Waals surface area contributed by atoms with Crippen LogP contribution < -0.4 is 4.74 Å². The Labute approximate surface area is 244 Å². The third-order valence-electron chi connectivity index (χ3n) is 8.14. The number of aromatic nitrogens is 2. The predicted molar refractivity (Wildman–Crippen MR) is 153 cm³/mol. The summed E-state index contributed by atoms with van der Waals surface area (Å²) in [5, 5.41) is 0. The molecule has 0 spiro atoms. The van der Waals surface area contributed by atoms with Gasteiger partial charge in [0.2, 0.25) is 0 Å². The van der Waals surface area contributed by atoms with Crippen LogP contribution in [0.2, 0.25) is 0 Å². The lowest BCUT2D eigenvalue weighted by atomic mass is 9.99. The Bertz CT molecular complexity index is 1520. The largest absolute Gasteiger partial charge is 0.490 e. The number of aryl methyl sites for hydroxylation is 1. The molecule has 9 nitrogen and oxygen atoms in total. The second-order valence-electron chi connectivity index (χ2n) is 12.2. The summed E-state index contributed by atoms with van der Waals surface area (Å²) in [4.78, 5) is 45.5. The molecule has 0 aliphatic carbocycles. The molecule has 3 aliphatic rings. The van der Waals surface area contributed by atoms with Gasteiger partial charge in [-0.2, -0.15) is 0 Å². The summed E-state index contributed by atoms with van der Waals surface area (Å²) in [5.74, 6) is -0.171. The van der Waals surface area contributed by atoms with E-state index in [1.54, 1.807) is 17.3 Å². The normalized spacial score (nSPS) is 17.7. The molecule has 220 valence electrons. The summed E-state index contributed by atoms with van der Waals surface area (Å²) in [7, 11) is 0. The monoisotopic (exact) mass is 574 g/mol. The van der Waals surface area contributed by atoms with Gasteiger partial charge in [-0.15, -0.1) is 0 Å². The summed E-state index contributed by atoms with van der Waals surface area (Å²) < 4.78 is 29.0. The van der Waals surface area contributed by atoms with Gasteiger partial charge in [-0.05, 0) is 69.0 Å². The third kappa shape index (κ3) is 5.37. The minimum Gasteiger partial charge on any atom is -0.490 e. The SMILES string of the molecule is CC(C)(C)OC(=O)N1CCC(Oc2ccc(-c3cc(F)c4c(c3)C(=O)N(C(C=O)c3ncn5c3CCC5)C4)cc2)CC1. The molecule has 0 N–H and O–H groups in total. The first kappa shape index (κ1) is 27.9. The van der Waals surface area contributed by atoms with E-state index in [1.807, 2.05) is 49.6 Å². The van der Waals surface area contributed by atoms with Crippen LogP contribution in [0.3, 0.4) is 0 Å². The van der Waals surface area contributed by atoms with Crippen molar-refractivity contribution in [3.63, 3.8) is 0 Å². The smallest absolute Gasteiger partial charge is 0.410 e. The highest BCUT2D eigenvalue weighted by molar-refractivity contribution is 6.01. The Hall–Kier alpha value is -4.21. The maximum absolute atomic E-state index is 15.3. The summed E-state index contributed by atoms with van der Waals surface area (Å²) in [6.45, 7) is 7.54. The molecule has 10 heteroatoms. The van der Waals surface area contributed by atoms with Crippen LogP contribution in [-0.4, -0.2) is 62.4 Å². The van der Waals surface area contributed by atoms with Crippen LogP contribution in [0.5, 0.6) is 5.75 Å². The van der Waals surface area contributed by atoms with Crippen LogP contribution in [0, 0.1) is 5.82 Å². The van der Waals surface area contributed by atoms with Gasteiger partial charge in [-0.1, -0.05) is 12.1 Å². The number of likely N-dealkylation sites (tertiary alicyclic amines) is 1. The van der Waals surface area contributed by atoms with E-state index in [4.69, 9.17) is 9.47 Å². The predicted octanol–water partition coefficient (Wildman–Crippen LogP) is 5.31. The zero-order chi connectivity index (χ0) is 29.6. The lowest BCUT2D eigenvalue weighted by Crippen LogP contribution is -2.44. The summed E-state index contributed by atoms with van der Waals surface area (Å²) in [6.07, 6.45) is 5.26. The van der Waals surface area contributed by atoms with E-state index >= 15 is 4.39 Å². The van der Waals surface area contributed by atoms with E-state index in [1.165, 1.54) is 11.0 Å². The number of fused-ring (bicyclic) bond motifs is 2. The maximum Gasteiger partial charge on any atom is 0.410 e. The maximum atomic E-state index is 15.3. The van der Waals surface area contributed by atoms with Gasteiger partial charge in [0.25, 0.3) is 5.91 Å². The topological polar surface area (TPSA) is 94.0 Å². The number of piperidine rings is 1. The quantitative estimate of drug-likeness (QED) is 0.371. The van der Waals surface area contributed by atoms with Gasteiger partial charge in [0.05, 0.1) is 18.6 Å². The fourth-order valence-electron chi connectivity index (χ4n) is 6.01. The number of rotatable bonds is 6. The van der Waals surface area contributed by atoms with Crippen molar-refractivity contribution in [3.05, 3.63) is 71.1 Å². The van der Waals surface area contributed by atoms with Crippen LogP contribution in [-0.2, 0) is 29.0 Å². The highest BCUT2D eigenvalue weighted by atomic mass is 19.1. The van der Waals surface area contributed by atoms with Crippen molar-refractivity contribution in [2.75, 3.05) is 13.1 Å². The number of halogens is 1. The molecule has 1 unspecified atom stereocenters. The summed E-state index contributed by atoms with van der Waals surface area (Å²) >= 11 is 0. The van der Waals surface area contributed by atoms with Crippen molar-refractivity contribution in [2.24, 2.45) is 0 Å². The number of hydrogen-bond donors (Lipinski definition) is 0. The second-order valence-corrected chi connectivity index (χ2v) is 12.2. The molecule has 2 aromatic carbocycles. The highest BCUT2D eigenvalue weighted by Gasteiger charge is 2.38. The van der Waals surface area contributed by atoms with E-state index in [0.717, 1.165) is 36.9 Å². The molecule has 3 aromatic rings. The van der Waals surface area contributed by atoms with E-state index in [9.17, 15) is 14.4 Å². The van der Waals surface area contributed by atoms with E-state index in [-0.39, 0.29) is 30.2 Å². The standard InChI is InChI=1S/C32H35FN4O5/c1-32(2,3)42-31(40)35-13-10-23(11-14-35)41-22-8-6-20(7-9-22)21-15-24-25(26(33)16-21)17-37(30(24)39)28(18-38)29-27-5-4-12-36(27)19-34-29/h6-9,15-16,18-19,23,28H,4-5,10-14,17H2,1-3H3. The van der Waals surface area contributed by atoms with E-state index < -0.39 is 17.5 Å². The number of amides is 2. The molecule has 2 amide bonds. The van der Waals surface area contributed by atoms with Gasteiger partial charge in [0.1, 0.15) is 35.6 Å². The molecule has 0 saturated carbocycles. The molecular weight excluding hydrogens is 539 g/mol. The Morgan fingerprint density at radius 2 is 1.83 bits per heavy atom. The first-order valence-electron chi connectivity index (χ1n) is 14.5. The van der Waals surface area contributed by atoms with Crippen LogP contribution in [0.25, 0.3) is 11.1 Å². The van der Waals surface area contributed by atoms with Crippen LogP contribution in [0.1, 0.15) is 73.4 Å². The number of carbonyl (C=O) groups is 3. The van der Waals surface area contributed by atoms with Gasteiger partial charge < -0.3 is 28.6 Å². The Morgan fingerprint density at radius 1 is 1.10 bits per heavy atom. The second kappa shape index (κ2) is 10.9. The summed E-state index contributed by atoms with van der Waals surface area (Å²) in [6, 6.07) is 9.62. The molecular formula is C32H35FN4O5. The Morgan fingerprint density at radius 3 is 2.52 bits per heavy atom. The molecule has 4 heterocycles.